The third-order valence-corrected chi connectivity index (χ3v) is 5.25. The molecule has 1 aliphatic rings. The summed E-state index contributed by atoms with van der Waals surface area (Å²) in [5.74, 6) is 0. The molecular formula is C17H22B2N4Pt. The van der Waals surface area contributed by atoms with Gasteiger partial charge in [-0.1, -0.05) is 0 Å². The fourth-order valence-corrected chi connectivity index (χ4v) is 4.32. The van der Waals surface area contributed by atoms with Gasteiger partial charge in [0.15, 0.2) is 0 Å². The number of hydrogen-bond acceptors (Lipinski definition) is 4. The average molecular weight is 502 g/mol. The summed E-state index contributed by atoms with van der Waals surface area (Å²) >= 11 is 2.30. The van der Waals surface area contributed by atoms with E-state index in [1.165, 1.54) is 4.81 Å². The first-order valence-electron chi connectivity index (χ1n) is 9.31. The molecule has 0 aliphatic carbocycles. The summed E-state index contributed by atoms with van der Waals surface area (Å²) in [6.07, 6.45) is 0. The molecule has 0 unspecified atom stereocenters. The zero-order chi connectivity index (χ0) is 19.8. The predicted molar refractivity (Wildman–Crippen MR) is 102 cm³/mol. The van der Waals surface area contributed by atoms with E-state index in [1.807, 2.05) is 62.6 Å². The molecule has 0 N–H and O–H groups in total. The van der Waals surface area contributed by atoms with Crippen LogP contribution in [0.4, 0.5) is 11.4 Å². The van der Waals surface area contributed by atoms with Crippen LogP contribution in [0.2, 0.25) is 0 Å². The number of rotatable bonds is 4. The van der Waals surface area contributed by atoms with E-state index in [9.17, 15) is 0 Å². The van der Waals surface area contributed by atoms with Gasteiger partial charge < -0.3 is 0 Å². The monoisotopic (exact) mass is 502 g/mol. The van der Waals surface area contributed by atoms with Crippen LogP contribution in [0.15, 0.2) is 60.7 Å². The second-order valence-electron chi connectivity index (χ2n) is 6.05. The Morgan fingerprint density at radius 3 is 1.58 bits per heavy atom. The molecule has 126 valence electrons. The van der Waals surface area contributed by atoms with Gasteiger partial charge in [0.2, 0.25) is 0 Å². The van der Waals surface area contributed by atoms with Crippen molar-refractivity contribution in [1.82, 2.24) is 9.62 Å². The van der Waals surface area contributed by atoms with Crippen molar-refractivity contribution in [2.75, 3.05) is 37.7 Å². The van der Waals surface area contributed by atoms with Gasteiger partial charge in [0.1, 0.15) is 0 Å². The van der Waals surface area contributed by atoms with Gasteiger partial charge >= 0.3 is 161 Å². The van der Waals surface area contributed by atoms with Crippen LogP contribution in [-0.4, -0.2) is 55.6 Å². The van der Waals surface area contributed by atoms with E-state index in [0.717, 1.165) is 15.5 Å². The van der Waals surface area contributed by atoms with Gasteiger partial charge in [0, 0.05) is 0 Å². The van der Waals surface area contributed by atoms with Crippen molar-refractivity contribution in [2.45, 2.75) is 0 Å². The molecule has 1 heterocycles. The summed E-state index contributed by atoms with van der Waals surface area (Å²) in [5.41, 5.74) is 2.00. The zero-order valence-electron chi connectivity index (χ0n) is 17.0. The molecule has 3 rings (SSSR count). The van der Waals surface area contributed by atoms with Gasteiger partial charge in [0.05, 0.1) is 0 Å². The Labute approximate surface area is 160 Å². The summed E-state index contributed by atoms with van der Waals surface area (Å²) < 4.78 is 25.0. The first-order chi connectivity index (χ1) is 12.7. The summed E-state index contributed by atoms with van der Waals surface area (Å²) in [6, 6.07) is 20.0. The summed E-state index contributed by atoms with van der Waals surface area (Å²) in [5, 5.41) is 0. The second kappa shape index (κ2) is 7.26. The van der Waals surface area contributed by atoms with E-state index in [0.29, 0.717) is 0 Å². The van der Waals surface area contributed by atoms with Crippen LogP contribution in [-0.2, 0) is 19.4 Å². The third kappa shape index (κ3) is 3.11. The van der Waals surface area contributed by atoms with Crippen molar-refractivity contribution in [1.29, 1.82) is 0 Å². The maximum atomic E-state index is 8.01. The Hall–Kier alpha value is -1.35. The molecule has 24 heavy (non-hydrogen) atoms. The quantitative estimate of drug-likeness (QED) is 0.592. The molecule has 0 atom stereocenters. The Balaban J connectivity index is 2.17. The summed E-state index contributed by atoms with van der Waals surface area (Å²) in [6.45, 7) is -2.77. The van der Waals surface area contributed by atoms with Crippen LogP contribution in [0.1, 0.15) is 4.11 Å². The number of anilines is 2. The molecule has 0 aromatic heterocycles. The molecule has 0 bridgehead atoms. The normalized spacial score (nSPS) is 17.6. The van der Waals surface area contributed by atoms with Crippen molar-refractivity contribution >= 4 is 29.3 Å². The van der Waals surface area contributed by atoms with Gasteiger partial charge in [-0.2, -0.15) is 0 Å². The van der Waals surface area contributed by atoms with Crippen molar-refractivity contribution < 1.29 is 23.5 Å². The first-order valence-corrected chi connectivity index (χ1v) is 8.94. The molecule has 4 nitrogen and oxygen atoms in total. The van der Waals surface area contributed by atoms with E-state index >= 15 is 0 Å². The topological polar surface area (TPSA) is 13.0 Å². The Morgan fingerprint density at radius 1 is 0.792 bits per heavy atom. The fraction of sp³-hybridized carbons (Fsp3) is 0.235. The molecule has 7 heteroatoms. The fourth-order valence-electron chi connectivity index (χ4n) is 3.14. The van der Waals surface area contributed by atoms with Gasteiger partial charge in [-0.15, -0.1) is 0 Å². The van der Waals surface area contributed by atoms with Gasteiger partial charge in [0.25, 0.3) is 0 Å². The van der Waals surface area contributed by atoms with Crippen molar-refractivity contribution in [3.63, 3.8) is 0 Å². The molecular weight excluding hydrogens is 477 g/mol. The van der Waals surface area contributed by atoms with Gasteiger partial charge in [-0.05, 0) is 0 Å². The van der Waals surface area contributed by atoms with Crippen LogP contribution in [0.5, 0.6) is 0 Å². The summed E-state index contributed by atoms with van der Waals surface area (Å²) in [7, 11) is 5.64. The SMILES string of the molecule is [2H]C([2H])([2H])N(C)B1B(N(C)C)N(c2ccccc2)[C](=[Pt])N1c1ccccc1. The van der Waals surface area contributed by atoms with Crippen molar-refractivity contribution in [3.05, 3.63) is 60.7 Å². The first kappa shape index (κ1) is 13.9. The molecule has 2 aromatic carbocycles. The van der Waals surface area contributed by atoms with Crippen LogP contribution >= 0.6 is 0 Å². The molecule has 0 radical (unpaired) electrons. The van der Waals surface area contributed by atoms with Gasteiger partial charge in [-0.3, -0.25) is 0 Å². The molecule has 0 spiro atoms. The number of nitrogens with zero attached hydrogens (tertiary/aromatic N) is 4. The van der Waals surface area contributed by atoms with Crippen molar-refractivity contribution in [3.8, 4) is 0 Å². The Bertz CT molecular complexity index is 792. The maximum absolute atomic E-state index is 8.01. The molecule has 1 fully saturated rings. The minimum absolute atomic E-state index is 0.175. The minimum atomic E-state index is -2.21. The molecule has 1 aliphatic heterocycles. The number of benzene rings is 2. The second-order valence-corrected chi connectivity index (χ2v) is 7.07. The molecule has 0 amide bonds. The number of para-hydroxylation sites is 2. The molecule has 1 saturated heterocycles. The van der Waals surface area contributed by atoms with E-state index in [2.05, 4.69) is 45.9 Å². The van der Waals surface area contributed by atoms with Crippen LogP contribution in [0, 0.1) is 0 Å². The van der Waals surface area contributed by atoms with Crippen LogP contribution in [0.25, 0.3) is 0 Å². The third-order valence-electron chi connectivity index (χ3n) is 4.16. The standard InChI is InChI=1S/C17H22B2N4.Pt/c1-20(2)18-19(21(3)4)23(17-13-9-6-10-14-17)15-22(18)16-11-7-5-8-12-16;/h5-14H,1-4H3;/i1D3;. The Morgan fingerprint density at radius 2 is 1.21 bits per heavy atom. The Kier molecular flexibility index (Phi) is 4.20. The van der Waals surface area contributed by atoms with Gasteiger partial charge in [-0.25, -0.2) is 0 Å². The van der Waals surface area contributed by atoms with Crippen LogP contribution < -0.4 is 9.62 Å². The van der Waals surface area contributed by atoms with Crippen molar-refractivity contribution in [2.24, 2.45) is 0 Å². The van der Waals surface area contributed by atoms with E-state index in [-0.39, 0.29) is 13.7 Å². The number of hydrogen-bond donors (Lipinski definition) is 0. The average Bonchev–Trinajstić information content (AvgIpc) is 2.94. The zero-order valence-corrected chi connectivity index (χ0v) is 16.3. The molecule has 0 saturated carbocycles. The van der Waals surface area contributed by atoms with E-state index in [4.69, 9.17) is 4.11 Å². The van der Waals surface area contributed by atoms with E-state index in [1.54, 1.807) is 7.05 Å². The van der Waals surface area contributed by atoms with Crippen LogP contribution in [0.3, 0.4) is 0 Å². The predicted octanol–water partition coefficient (Wildman–Crippen LogP) is 1.83. The molecule has 2 aromatic rings. The van der Waals surface area contributed by atoms with E-state index < -0.39 is 6.98 Å². The summed E-state index contributed by atoms with van der Waals surface area (Å²) in [4.78, 5) is 7.85.